The van der Waals surface area contributed by atoms with Crippen LogP contribution in [0.25, 0.3) is 0 Å². The smallest absolute Gasteiger partial charge is 0.281 e. The average Bonchev–Trinajstić information content (AvgIpc) is 2.47. The van der Waals surface area contributed by atoms with Gasteiger partial charge in [-0.15, -0.1) is 0 Å². The monoisotopic (exact) mass is 337 g/mol. The summed E-state index contributed by atoms with van der Waals surface area (Å²) in [5.74, 6) is -2.31. The van der Waals surface area contributed by atoms with E-state index in [2.05, 4.69) is 0 Å². The maximum Gasteiger partial charge on any atom is 0.281 e. The van der Waals surface area contributed by atoms with Crippen LogP contribution in [-0.2, 0) is 10.3 Å². The first-order valence-electron chi connectivity index (χ1n) is 6.46. The fraction of sp³-hybridized carbons (Fsp3) is 0.214. The fourth-order valence-corrected chi connectivity index (χ4v) is 2.83. The van der Waals surface area contributed by atoms with E-state index in [-0.39, 0.29) is 16.3 Å². The van der Waals surface area contributed by atoms with Crippen LogP contribution in [0.4, 0.5) is 5.69 Å². The summed E-state index contributed by atoms with van der Waals surface area (Å²) in [5.41, 5.74) is 3.41. The number of aryl methyl sites for hydroxylation is 1. The first-order valence-corrected chi connectivity index (χ1v) is 6.84. The lowest BCUT2D eigenvalue weighted by Gasteiger charge is -2.30. The molecule has 0 bridgehead atoms. The molecule has 9 heteroatoms. The zero-order chi connectivity index (χ0) is 17.4. The number of hydrogen-bond donors (Lipinski definition) is 1. The zero-order valence-corrected chi connectivity index (χ0v) is 12.7. The third kappa shape index (κ3) is 2.68. The Balaban J connectivity index is 2.79. The van der Waals surface area contributed by atoms with Crippen LogP contribution < -0.4 is 5.73 Å². The summed E-state index contributed by atoms with van der Waals surface area (Å²) in [7, 11) is 0. The summed E-state index contributed by atoms with van der Waals surface area (Å²) in [6, 6.07) is 3.72. The molecule has 0 heterocycles. The molecule has 0 saturated carbocycles. The van der Waals surface area contributed by atoms with Crippen molar-refractivity contribution in [1.29, 1.82) is 0 Å². The van der Waals surface area contributed by atoms with Crippen molar-refractivity contribution in [2.75, 3.05) is 0 Å². The summed E-state index contributed by atoms with van der Waals surface area (Å²) < 4.78 is 0. The number of benzene rings is 1. The maximum absolute atomic E-state index is 11.8. The molecule has 2 unspecified atom stereocenters. The van der Waals surface area contributed by atoms with Gasteiger partial charge >= 0.3 is 0 Å². The fourth-order valence-electron chi connectivity index (χ4n) is 2.64. The molecule has 1 amide bonds. The Morgan fingerprint density at radius 3 is 2.52 bits per heavy atom. The Morgan fingerprint density at radius 2 is 2.00 bits per heavy atom. The predicted octanol–water partition coefficient (Wildman–Crippen LogP) is 2.17. The van der Waals surface area contributed by atoms with Crippen molar-refractivity contribution < 1.29 is 14.6 Å². The summed E-state index contributed by atoms with van der Waals surface area (Å²) >= 11 is 5.83. The van der Waals surface area contributed by atoms with E-state index in [9.17, 15) is 25.0 Å². The Morgan fingerprint density at radius 1 is 1.35 bits per heavy atom. The van der Waals surface area contributed by atoms with Crippen molar-refractivity contribution in [3.63, 3.8) is 0 Å². The molecule has 0 aromatic heterocycles. The van der Waals surface area contributed by atoms with Gasteiger partial charge in [-0.25, -0.2) is 0 Å². The van der Waals surface area contributed by atoms with Crippen molar-refractivity contribution >= 4 is 23.2 Å². The third-order valence-corrected chi connectivity index (χ3v) is 4.02. The van der Waals surface area contributed by atoms with Crippen molar-refractivity contribution in [2.45, 2.75) is 12.5 Å². The molecule has 0 spiro atoms. The van der Waals surface area contributed by atoms with Gasteiger partial charge < -0.3 is 5.73 Å². The van der Waals surface area contributed by atoms with E-state index >= 15 is 0 Å². The molecular weight excluding hydrogens is 326 g/mol. The molecule has 1 aromatic rings. The molecule has 0 aliphatic heterocycles. The topological polar surface area (TPSA) is 129 Å². The van der Waals surface area contributed by atoms with Gasteiger partial charge in [0.1, 0.15) is 5.92 Å². The van der Waals surface area contributed by atoms with Crippen LogP contribution in [0.2, 0.25) is 0 Å². The molecule has 1 aromatic carbocycles. The van der Waals surface area contributed by atoms with Gasteiger partial charge in [-0.2, -0.15) is 0 Å². The number of nitro benzene ring substituents is 1. The lowest BCUT2D eigenvalue weighted by atomic mass is 9.73. The molecule has 2 atom stereocenters. The van der Waals surface area contributed by atoms with Crippen LogP contribution in [0.5, 0.6) is 0 Å². The molecule has 0 saturated heterocycles. The van der Waals surface area contributed by atoms with Gasteiger partial charge in [-0.3, -0.25) is 25.0 Å². The highest BCUT2D eigenvalue weighted by atomic mass is 35.5. The second-order valence-electron chi connectivity index (χ2n) is 5.10. The van der Waals surface area contributed by atoms with Gasteiger partial charge in [0.05, 0.1) is 4.92 Å². The van der Waals surface area contributed by atoms with Gasteiger partial charge in [0.2, 0.25) is 5.91 Å². The predicted molar refractivity (Wildman–Crippen MR) is 82.3 cm³/mol. The highest BCUT2D eigenvalue weighted by Gasteiger charge is 2.54. The standard InChI is InChI=1S/C14H12ClN3O5/c1-8-2-3-10(17(20)21)7-11(8)14(18(22)23)5-4-9(15)6-12(14)13(16)19/h2-7,12H,1H3,(H2,16,19). The Kier molecular flexibility index (Phi) is 4.20. The number of carbonyl (C=O) groups excluding carboxylic acids is 1. The second-order valence-corrected chi connectivity index (χ2v) is 5.54. The van der Waals surface area contributed by atoms with Crippen molar-refractivity contribution in [3.8, 4) is 0 Å². The van der Waals surface area contributed by atoms with E-state index in [0.717, 1.165) is 12.1 Å². The Hall–Kier alpha value is -2.74. The number of primary amides is 1. The van der Waals surface area contributed by atoms with Crippen LogP contribution in [-0.4, -0.2) is 15.8 Å². The molecule has 1 aliphatic rings. The highest BCUT2D eigenvalue weighted by Crippen LogP contribution is 2.42. The second kappa shape index (κ2) is 5.81. The quantitative estimate of drug-likeness (QED) is 0.664. The minimum atomic E-state index is -2.04. The number of carbonyl (C=O) groups is 1. The number of rotatable bonds is 4. The Bertz CT molecular complexity index is 774. The van der Waals surface area contributed by atoms with Gasteiger partial charge in [0.25, 0.3) is 11.2 Å². The molecular formula is C14H12ClN3O5. The van der Waals surface area contributed by atoms with Crippen LogP contribution in [0.3, 0.4) is 0 Å². The highest BCUT2D eigenvalue weighted by molar-refractivity contribution is 6.31. The van der Waals surface area contributed by atoms with Gasteiger partial charge in [-0.1, -0.05) is 17.7 Å². The number of nitrogens with zero attached hydrogens (tertiary/aromatic N) is 2. The normalized spacial score (nSPS) is 23.2. The van der Waals surface area contributed by atoms with Gasteiger partial charge in [0.15, 0.2) is 0 Å². The summed E-state index contributed by atoms with van der Waals surface area (Å²) in [5, 5.41) is 23.0. The van der Waals surface area contributed by atoms with E-state index in [1.165, 1.54) is 24.3 Å². The van der Waals surface area contributed by atoms with E-state index in [0.29, 0.717) is 5.56 Å². The minimum Gasteiger partial charge on any atom is -0.369 e. The number of allylic oxidation sites excluding steroid dienone is 2. The summed E-state index contributed by atoms with van der Waals surface area (Å²) in [4.78, 5) is 33.3. The van der Waals surface area contributed by atoms with E-state index in [1.54, 1.807) is 6.92 Å². The average molecular weight is 338 g/mol. The van der Waals surface area contributed by atoms with Crippen molar-refractivity contribution in [1.82, 2.24) is 0 Å². The first kappa shape index (κ1) is 16.6. The van der Waals surface area contributed by atoms with E-state index < -0.39 is 27.2 Å². The first-order chi connectivity index (χ1) is 10.7. The van der Waals surface area contributed by atoms with E-state index in [1.807, 2.05) is 0 Å². The summed E-state index contributed by atoms with van der Waals surface area (Å²) in [6.45, 7) is 1.57. The van der Waals surface area contributed by atoms with Gasteiger partial charge in [-0.05, 0) is 30.7 Å². The maximum atomic E-state index is 11.8. The van der Waals surface area contributed by atoms with Crippen LogP contribution in [0.15, 0.2) is 41.5 Å². The Labute approximate surface area is 135 Å². The number of amides is 1. The minimum absolute atomic E-state index is 0.0252. The lowest BCUT2D eigenvalue weighted by Crippen LogP contribution is -2.48. The molecule has 1 aliphatic carbocycles. The summed E-state index contributed by atoms with van der Waals surface area (Å²) in [6.07, 6.45) is 3.61. The zero-order valence-electron chi connectivity index (χ0n) is 11.9. The molecule has 2 rings (SSSR count). The van der Waals surface area contributed by atoms with Gasteiger partial charge in [0, 0.05) is 27.7 Å². The molecule has 8 nitrogen and oxygen atoms in total. The number of hydrogen-bond acceptors (Lipinski definition) is 5. The lowest BCUT2D eigenvalue weighted by molar-refractivity contribution is -0.569. The molecule has 2 N–H and O–H groups in total. The van der Waals surface area contributed by atoms with E-state index in [4.69, 9.17) is 17.3 Å². The largest absolute Gasteiger partial charge is 0.369 e. The van der Waals surface area contributed by atoms with Crippen molar-refractivity contribution in [3.05, 3.63) is 72.8 Å². The number of halogens is 1. The third-order valence-electron chi connectivity index (χ3n) is 3.77. The number of nitrogens with two attached hydrogens (primary N) is 1. The number of non-ortho nitro benzene ring substituents is 1. The number of nitro groups is 2. The van der Waals surface area contributed by atoms with Crippen LogP contribution in [0, 0.1) is 33.1 Å². The molecule has 0 radical (unpaired) electrons. The molecule has 0 fully saturated rings. The van der Waals surface area contributed by atoms with Crippen LogP contribution in [0.1, 0.15) is 11.1 Å². The SMILES string of the molecule is Cc1ccc([N+](=O)[O-])cc1C1([N+](=O)[O-])C=CC(Cl)=CC1C(N)=O. The molecule has 120 valence electrons. The van der Waals surface area contributed by atoms with Crippen molar-refractivity contribution in [2.24, 2.45) is 11.7 Å². The molecule has 23 heavy (non-hydrogen) atoms. The van der Waals surface area contributed by atoms with Crippen LogP contribution >= 0.6 is 11.6 Å².